The summed E-state index contributed by atoms with van der Waals surface area (Å²) in [5.41, 5.74) is 11.2. The third-order valence-corrected chi connectivity index (χ3v) is 7.00. The molecule has 1 aliphatic rings. The summed E-state index contributed by atoms with van der Waals surface area (Å²) in [4.78, 5) is 0. The average molecular weight is 392 g/mol. The first-order valence-electron chi connectivity index (χ1n) is 8.33. The van der Waals surface area contributed by atoms with Crippen molar-refractivity contribution in [1.29, 1.82) is 0 Å². The monoisotopic (exact) mass is 391 g/mol. The molecule has 0 amide bonds. The lowest BCUT2D eigenvalue weighted by Crippen LogP contribution is -2.42. The Kier molecular flexibility index (Phi) is 4.26. The molecule has 4 rings (SSSR count). The van der Waals surface area contributed by atoms with Gasteiger partial charge in [0.05, 0.1) is 12.2 Å². The van der Waals surface area contributed by atoms with Crippen LogP contribution in [0, 0.1) is 0 Å². The predicted octanol–water partition coefficient (Wildman–Crippen LogP) is 1.59. The van der Waals surface area contributed by atoms with Gasteiger partial charge < -0.3 is 10.3 Å². The lowest BCUT2D eigenvalue weighted by molar-refractivity contribution is 0.487. The van der Waals surface area contributed by atoms with Gasteiger partial charge in [-0.1, -0.05) is 0 Å². The Bertz CT molecular complexity index is 1050. The number of anilines is 1. The Morgan fingerprint density at radius 2 is 2.15 bits per heavy atom. The molecule has 0 aliphatic heterocycles. The van der Waals surface area contributed by atoms with E-state index in [9.17, 15) is 8.42 Å². The van der Waals surface area contributed by atoms with E-state index in [0.717, 1.165) is 22.3 Å². The van der Waals surface area contributed by atoms with Gasteiger partial charge in [-0.25, -0.2) is 0 Å². The number of aromatic nitrogens is 2. The molecule has 0 radical (unpaired) electrons. The molecule has 9 heteroatoms. The summed E-state index contributed by atoms with van der Waals surface area (Å²) in [7, 11) is -0.401. The third-order valence-electron chi connectivity index (χ3n) is 4.81. The van der Waals surface area contributed by atoms with Crippen LogP contribution < -0.4 is 10.5 Å². The summed E-state index contributed by atoms with van der Waals surface area (Å²) in [6.07, 6.45) is 1.31. The first-order chi connectivity index (χ1) is 12.3. The molecule has 0 spiro atoms. The van der Waals surface area contributed by atoms with Crippen LogP contribution in [0.1, 0.15) is 17.0 Å². The zero-order valence-electron chi connectivity index (χ0n) is 14.6. The molecule has 0 saturated heterocycles. The second-order valence-corrected chi connectivity index (χ2v) is 9.37. The van der Waals surface area contributed by atoms with Crippen LogP contribution in [0.2, 0.25) is 0 Å². The molecule has 0 bridgehead atoms. The number of nitrogens with one attached hydrogen (secondary N) is 1. The number of nitrogen functional groups attached to an aromatic ring is 1. The highest BCUT2D eigenvalue weighted by atomic mass is 32.2. The fraction of sp³-hybridized carbons (Fsp3) is 0.353. The second kappa shape index (κ2) is 6.34. The normalized spacial score (nSPS) is 17.3. The van der Waals surface area contributed by atoms with Crippen molar-refractivity contribution < 1.29 is 8.42 Å². The van der Waals surface area contributed by atoms with Gasteiger partial charge in [0.25, 0.3) is 10.2 Å². The maximum absolute atomic E-state index is 12.2. The van der Waals surface area contributed by atoms with Crippen molar-refractivity contribution >= 4 is 38.3 Å². The number of nitrogens with two attached hydrogens (primary N) is 1. The van der Waals surface area contributed by atoms with E-state index < -0.39 is 10.2 Å². The van der Waals surface area contributed by atoms with Gasteiger partial charge in [-0.05, 0) is 47.8 Å². The van der Waals surface area contributed by atoms with E-state index in [-0.39, 0.29) is 6.04 Å². The lowest BCUT2D eigenvalue weighted by Gasteiger charge is -2.18. The fourth-order valence-electron chi connectivity index (χ4n) is 3.57. The third kappa shape index (κ3) is 3.01. The molecular formula is C17H21N5O2S2. The molecule has 2 aromatic heterocycles. The number of benzene rings is 1. The first kappa shape index (κ1) is 17.5. The number of fused-ring (bicyclic) bond motifs is 3. The van der Waals surface area contributed by atoms with E-state index in [1.807, 2.05) is 29.6 Å². The van der Waals surface area contributed by atoms with Crippen molar-refractivity contribution in [2.45, 2.75) is 25.4 Å². The highest BCUT2D eigenvalue weighted by molar-refractivity contribution is 7.87. The Balaban J connectivity index is 1.74. The van der Waals surface area contributed by atoms with Gasteiger partial charge in [0.15, 0.2) is 0 Å². The Morgan fingerprint density at radius 3 is 2.85 bits per heavy atom. The van der Waals surface area contributed by atoms with E-state index in [0.29, 0.717) is 25.1 Å². The van der Waals surface area contributed by atoms with Crippen LogP contribution >= 0.6 is 11.5 Å². The minimum atomic E-state index is -3.46. The number of nitrogens with zero attached hydrogens (tertiary/aromatic N) is 3. The quantitative estimate of drug-likeness (QED) is 0.646. The summed E-state index contributed by atoms with van der Waals surface area (Å²) in [5.74, 6) is 0. The molecule has 3 N–H and O–H groups in total. The molecular weight excluding hydrogens is 370 g/mol. The van der Waals surface area contributed by atoms with E-state index in [2.05, 4.69) is 13.7 Å². The highest BCUT2D eigenvalue weighted by Crippen LogP contribution is 2.35. The van der Waals surface area contributed by atoms with Gasteiger partial charge in [0, 0.05) is 54.2 Å². The van der Waals surface area contributed by atoms with Crippen LogP contribution in [0.4, 0.5) is 5.69 Å². The maximum Gasteiger partial charge on any atom is 0.279 e. The summed E-state index contributed by atoms with van der Waals surface area (Å²) in [5, 5.41) is 3.06. The van der Waals surface area contributed by atoms with Gasteiger partial charge >= 0.3 is 0 Å². The van der Waals surface area contributed by atoms with Crippen LogP contribution in [0.25, 0.3) is 10.9 Å². The Morgan fingerprint density at radius 1 is 1.35 bits per heavy atom. The standard InChI is InChI=1S/C17H21N5O2S2/c1-21(2)26(23,24)20-13-8-15-14-7-11(18)3-4-16(14)22(17(15)9-13)10-12-5-6-25-19-12/h3-7,13,20H,8-10,18H2,1-2H3/t13-/m1/s1. The summed E-state index contributed by atoms with van der Waals surface area (Å²) < 4.78 is 35.1. The summed E-state index contributed by atoms with van der Waals surface area (Å²) >= 11 is 1.43. The van der Waals surface area contributed by atoms with Crippen molar-refractivity contribution in [3.8, 4) is 0 Å². The molecule has 3 aromatic rings. The molecule has 138 valence electrons. The molecule has 0 unspecified atom stereocenters. The fourth-order valence-corrected chi connectivity index (χ4v) is 4.90. The molecule has 0 fully saturated rings. The van der Waals surface area contributed by atoms with E-state index in [4.69, 9.17) is 5.73 Å². The van der Waals surface area contributed by atoms with Crippen molar-refractivity contribution in [2.75, 3.05) is 19.8 Å². The molecule has 1 aromatic carbocycles. The SMILES string of the molecule is CN(C)S(=O)(=O)N[C@@H]1Cc2c(n(Cc3ccsn3)c3ccc(N)cc23)C1. The molecule has 7 nitrogen and oxygen atoms in total. The van der Waals surface area contributed by atoms with Crippen LogP contribution in [0.3, 0.4) is 0 Å². The molecule has 1 aliphatic carbocycles. The van der Waals surface area contributed by atoms with Gasteiger partial charge in [-0.15, -0.1) is 0 Å². The van der Waals surface area contributed by atoms with Crippen molar-refractivity contribution in [3.63, 3.8) is 0 Å². The minimum absolute atomic E-state index is 0.153. The number of rotatable bonds is 5. The second-order valence-electron chi connectivity index (χ2n) is 6.79. The topological polar surface area (TPSA) is 93.2 Å². The summed E-state index contributed by atoms with van der Waals surface area (Å²) in [6.45, 7) is 0.673. The zero-order valence-corrected chi connectivity index (χ0v) is 16.3. The Hall–Kier alpha value is -1.94. The van der Waals surface area contributed by atoms with Crippen LogP contribution in [0.15, 0.2) is 29.6 Å². The molecule has 1 atom stereocenters. The van der Waals surface area contributed by atoms with Gasteiger partial charge in [0.1, 0.15) is 0 Å². The predicted molar refractivity (Wildman–Crippen MR) is 105 cm³/mol. The zero-order chi connectivity index (χ0) is 18.5. The van der Waals surface area contributed by atoms with E-state index in [1.54, 1.807) is 0 Å². The van der Waals surface area contributed by atoms with Crippen molar-refractivity contribution in [3.05, 3.63) is 46.6 Å². The number of hydrogen-bond acceptors (Lipinski definition) is 5. The molecule has 0 saturated carbocycles. The molecule has 2 heterocycles. The smallest absolute Gasteiger partial charge is 0.279 e. The number of hydrogen-bond donors (Lipinski definition) is 2. The van der Waals surface area contributed by atoms with Gasteiger partial charge in [-0.3, -0.25) is 0 Å². The van der Waals surface area contributed by atoms with Crippen LogP contribution in [0.5, 0.6) is 0 Å². The van der Waals surface area contributed by atoms with Crippen molar-refractivity contribution in [1.82, 2.24) is 18.0 Å². The first-order valence-corrected chi connectivity index (χ1v) is 10.6. The highest BCUT2D eigenvalue weighted by Gasteiger charge is 2.31. The molecule has 26 heavy (non-hydrogen) atoms. The lowest BCUT2D eigenvalue weighted by atomic mass is 10.1. The maximum atomic E-state index is 12.2. The van der Waals surface area contributed by atoms with E-state index >= 15 is 0 Å². The summed E-state index contributed by atoms with van der Waals surface area (Å²) in [6, 6.07) is 7.78. The van der Waals surface area contributed by atoms with Gasteiger partial charge in [-0.2, -0.15) is 21.8 Å². The van der Waals surface area contributed by atoms with Gasteiger partial charge in [0.2, 0.25) is 0 Å². The van der Waals surface area contributed by atoms with Crippen molar-refractivity contribution in [2.24, 2.45) is 0 Å². The van der Waals surface area contributed by atoms with E-state index in [1.165, 1.54) is 35.5 Å². The largest absolute Gasteiger partial charge is 0.399 e. The minimum Gasteiger partial charge on any atom is -0.399 e. The van der Waals surface area contributed by atoms with Crippen LogP contribution in [-0.2, 0) is 29.6 Å². The Labute approximate surface area is 156 Å². The van der Waals surface area contributed by atoms with Crippen LogP contribution in [-0.4, -0.2) is 41.8 Å². The average Bonchev–Trinajstić information content (AvgIpc) is 3.26.